The average molecular weight is 691 g/mol. The highest BCUT2D eigenvalue weighted by atomic mass is 16.6. The number of Topliss-reactive ketones (excluding diaryl/α,β-unsaturated/α-hetero) is 1. The molecule has 8 nitrogen and oxygen atoms in total. The van der Waals surface area contributed by atoms with Gasteiger partial charge in [0.25, 0.3) is 0 Å². The summed E-state index contributed by atoms with van der Waals surface area (Å²) in [6.45, 7) is 7.65. The molecule has 3 aromatic carbocycles. The van der Waals surface area contributed by atoms with Crippen molar-refractivity contribution in [1.82, 2.24) is 9.80 Å². The first-order valence-corrected chi connectivity index (χ1v) is 18.8. The molecule has 2 bridgehead atoms. The summed E-state index contributed by atoms with van der Waals surface area (Å²) in [6, 6.07) is 21.4. The maximum absolute atomic E-state index is 14.4. The van der Waals surface area contributed by atoms with Gasteiger partial charge in [-0.15, -0.1) is 6.58 Å². The Morgan fingerprint density at radius 2 is 1.76 bits per heavy atom. The summed E-state index contributed by atoms with van der Waals surface area (Å²) >= 11 is 0. The van der Waals surface area contributed by atoms with E-state index in [2.05, 4.69) is 40.6 Å². The molecule has 1 saturated heterocycles. The lowest BCUT2D eigenvalue weighted by atomic mass is 9.50. The number of nitrogens with zero attached hydrogens (tertiary/aromatic N) is 2. The molecule has 0 aromatic heterocycles. The molecule has 1 amide bonds. The fourth-order valence-corrected chi connectivity index (χ4v) is 9.80. The number of esters is 1. The van der Waals surface area contributed by atoms with Gasteiger partial charge in [0.2, 0.25) is 5.91 Å². The van der Waals surface area contributed by atoms with E-state index in [0.717, 1.165) is 62.7 Å². The largest absolute Gasteiger partial charge is 0.508 e. The van der Waals surface area contributed by atoms with Crippen LogP contribution in [0.5, 0.6) is 17.2 Å². The van der Waals surface area contributed by atoms with Crippen LogP contribution in [0.1, 0.15) is 91.8 Å². The number of aromatic hydroxyl groups is 1. The van der Waals surface area contributed by atoms with Crippen LogP contribution in [0.4, 0.5) is 0 Å². The summed E-state index contributed by atoms with van der Waals surface area (Å²) in [5, 5.41) is 11.4. The standard InChI is InChI=1S/C43H50N2O6/c1-3-24-44-26-23-43-33-21-22-34(42(43)51-41-38(50-29(2)46)28-37(48)32(40(41)43)27-35(33)44)45(25-13-12-16-30-14-6-4-7-15-30)39(49)20-11-10-19-36(47)31-17-8-5-9-18-31/h3-9,14-15,17-18,28,33-35,42,48H,1,10-13,16,19-27H2,2H3/t33-,34+,35+,42-,43-/m0/s1. The van der Waals surface area contributed by atoms with Crippen molar-refractivity contribution in [3.05, 3.63) is 102 Å². The summed E-state index contributed by atoms with van der Waals surface area (Å²) in [6.07, 6.45) is 9.72. The van der Waals surface area contributed by atoms with Gasteiger partial charge in [0.05, 0.1) is 6.04 Å². The zero-order valence-electron chi connectivity index (χ0n) is 29.7. The molecule has 268 valence electrons. The fourth-order valence-electron chi connectivity index (χ4n) is 9.80. The molecule has 3 aromatic rings. The number of ether oxygens (including phenoxy) is 2. The van der Waals surface area contributed by atoms with Crippen LogP contribution < -0.4 is 9.47 Å². The zero-order valence-corrected chi connectivity index (χ0v) is 29.7. The van der Waals surface area contributed by atoms with Crippen molar-refractivity contribution < 1.29 is 29.0 Å². The molecule has 4 aliphatic rings. The molecule has 2 fully saturated rings. The van der Waals surface area contributed by atoms with Crippen LogP contribution in [0.25, 0.3) is 0 Å². The number of aryl methyl sites for hydroxylation is 1. The van der Waals surface area contributed by atoms with Crippen LogP contribution in [-0.4, -0.2) is 70.4 Å². The molecule has 0 unspecified atom stereocenters. The van der Waals surface area contributed by atoms with Crippen molar-refractivity contribution in [3.8, 4) is 17.2 Å². The number of benzene rings is 3. The van der Waals surface area contributed by atoms with Crippen molar-refractivity contribution in [1.29, 1.82) is 0 Å². The molecule has 2 aliphatic heterocycles. The van der Waals surface area contributed by atoms with Crippen LogP contribution in [0, 0.1) is 5.92 Å². The SMILES string of the molecule is C=CCN1CC[C@]23c4c5c(O)cc(OC(C)=O)c4O[C@H]2[C@H](N(CCCCc2ccccc2)C(=O)CCCCC(=O)c2ccccc2)CC[C@H]3[C@H]1C5. The molecular formula is C43H50N2O6. The number of rotatable bonds is 15. The third kappa shape index (κ3) is 6.71. The van der Waals surface area contributed by atoms with Gasteiger partial charge in [0.1, 0.15) is 11.9 Å². The van der Waals surface area contributed by atoms with Gasteiger partial charge in [-0.05, 0) is 75.8 Å². The lowest BCUT2D eigenvalue weighted by molar-refractivity contribution is -0.142. The average Bonchev–Trinajstić information content (AvgIpc) is 3.48. The van der Waals surface area contributed by atoms with E-state index in [1.807, 2.05) is 42.5 Å². The minimum absolute atomic E-state index is 0.0982. The van der Waals surface area contributed by atoms with Gasteiger partial charge in [-0.3, -0.25) is 19.3 Å². The van der Waals surface area contributed by atoms with Crippen LogP contribution in [0.2, 0.25) is 0 Å². The molecule has 1 spiro atoms. The number of hydrogen-bond acceptors (Lipinski definition) is 7. The minimum Gasteiger partial charge on any atom is -0.508 e. The highest BCUT2D eigenvalue weighted by Gasteiger charge is 2.67. The van der Waals surface area contributed by atoms with E-state index in [1.54, 1.807) is 0 Å². The van der Waals surface area contributed by atoms with E-state index < -0.39 is 11.4 Å². The Hall–Kier alpha value is -4.43. The minimum atomic E-state index is -0.467. The third-order valence-electron chi connectivity index (χ3n) is 11.9. The third-order valence-corrected chi connectivity index (χ3v) is 11.9. The number of phenolic OH excluding ortho intramolecular Hbond substituents is 1. The van der Waals surface area contributed by atoms with Gasteiger partial charge in [0.15, 0.2) is 17.3 Å². The smallest absolute Gasteiger partial charge is 0.308 e. The number of hydrogen-bond donors (Lipinski definition) is 1. The van der Waals surface area contributed by atoms with E-state index in [1.165, 1.54) is 18.6 Å². The molecule has 5 atom stereocenters. The van der Waals surface area contributed by atoms with Crippen molar-refractivity contribution in [2.45, 2.75) is 101 Å². The number of carbonyl (C=O) groups excluding carboxylic acids is 3. The molecule has 1 N–H and O–H groups in total. The number of unbranched alkanes of at least 4 members (excludes halogenated alkanes) is 2. The summed E-state index contributed by atoms with van der Waals surface area (Å²) < 4.78 is 12.7. The number of carbonyl (C=O) groups is 3. The number of likely N-dealkylation sites (tertiary alicyclic amines) is 1. The lowest BCUT2D eigenvalue weighted by Crippen LogP contribution is -2.69. The van der Waals surface area contributed by atoms with Gasteiger partial charge in [-0.1, -0.05) is 66.7 Å². The molecule has 2 aliphatic carbocycles. The van der Waals surface area contributed by atoms with Crippen LogP contribution in [0.15, 0.2) is 79.4 Å². The van der Waals surface area contributed by atoms with E-state index in [-0.39, 0.29) is 47.3 Å². The Morgan fingerprint density at radius 1 is 1.02 bits per heavy atom. The Balaban J connectivity index is 1.16. The fraction of sp³-hybridized carbons (Fsp3) is 0.465. The number of ketones is 1. The van der Waals surface area contributed by atoms with Crippen molar-refractivity contribution >= 4 is 17.7 Å². The molecule has 7 rings (SSSR count). The zero-order chi connectivity index (χ0) is 35.5. The van der Waals surface area contributed by atoms with Crippen molar-refractivity contribution in [2.75, 3.05) is 19.6 Å². The first-order chi connectivity index (χ1) is 24.8. The summed E-state index contributed by atoms with van der Waals surface area (Å²) in [4.78, 5) is 44.0. The molecule has 0 radical (unpaired) electrons. The highest BCUT2D eigenvalue weighted by molar-refractivity contribution is 5.96. The van der Waals surface area contributed by atoms with E-state index in [0.29, 0.717) is 50.0 Å². The van der Waals surface area contributed by atoms with Crippen LogP contribution >= 0.6 is 0 Å². The lowest BCUT2D eigenvalue weighted by Gasteiger charge is -2.60. The number of amides is 1. The first-order valence-electron chi connectivity index (χ1n) is 18.8. The van der Waals surface area contributed by atoms with E-state index in [4.69, 9.17) is 9.47 Å². The van der Waals surface area contributed by atoms with E-state index >= 15 is 0 Å². The molecule has 8 heteroatoms. The summed E-state index contributed by atoms with van der Waals surface area (Å²) in [5.41, 5.74) is 3.46. The Kier molecular flexibility index (Phi) is 10.3. The Morgan fingerprint density at radius 3 is 2.51 bits per heavy atom. The van der Waals surface area contributed by atoms with Gasteiger partial charge in [0, 0.05) is 67.1 Å². The summed E-state index contributed by atoms with van der Waals surface area (Å²) in [5.74, 6) is 0.965. The Labute approximate surface area is 301 Å². The molecular weight excluding hydrogens is 640 g/mol. The number of piperidine rings is 1. The Bertz CT molecular complexity index is 1760. The topological polar surface area (TPSA) is 96.4 Å². The maximum Gasteiger partial charge on any atom is 0.308 e. The van der Waals surface area contributed by atoms with Crippen molar-refractivity contribution in [3.63, 3.8) is 0 Å². The second kappa shape index (κ2) is 15.0. The highest BCUT2D eigenvalue weighted by Crippen LogP contribution is 2.65. The van der Waals surface area contributed by atoms with E-state index in [9.17, 15) is 19.5 Å². The number of phenols is 1. The van der Waals surface area contributed by atoms with Crippen LogP contribution in [0.3, 0.4) is 0 Å². The van der Waals surface area contributed by atoms with Gasteiger partial charge < -0.3 is 19.5 Å². The normalized spacial score (nSPS) is 24.3. The van der Waals surface area contributed by atoms with Crippen molar-refractivity contribution in [2.24, 2.45) is 5.92 Å². The molecule has 51 heavy (non-hydrogen) atoms. The first kappa shape index (κ1) is 35.0. The molecule has 2 heterocycles. The van der Waals surface area contributed by atoms with Gasteiger partial charge in [-0.25, -0.2) is 0 Å². The maximum atomic E-state index is 14.4. The quantitative estimate of drug-likeness (QED) is 0.0592. The van der Waals surface area contributed by atoms with Gasteiger partial charge >= 0.3 is 5.97 Å². The van der Waals surface area contributed by atoms with Crippen LogP contribution in [-0.2, 0) is 27.8 Å². The predicted octanol–water partition coefficient (Wildman–Crippen LogP) is 7.21. The second-order valence-corrected chi connectivity index (χ2v) is 14.8. The second-order valence-electron chi connectivity index (χ2n) is 14.8. The summed E-state index contributed by atoms with van der Waals surface area (Å²) in [7, 11) is 0. The predicted molar refractivity (Wildman–Crippen MR) is 196 cm³/mol. The van der Waals surface area contributed by atoms with Gasteiger partial charge in [-0.2, -0.15) is 0 Å². The monoisotopic (exact) mass is 690 g/mol. The molecule has 1 saturated carbocycles.